The van der Waals surface area contributed by atoms with Crippen molar-refractivity contribution in [2.24, 2.45) is 0 Å². The van der Waals surface area contributed by atoms with Crippen molar-refractivity contribution in [1.29, 1.82) is 0 Å². The van der Waals surface area contributed by atoms with Gasteiger partial charge >= 0.3 is 0 Å². The minimum Gasteiger partial charge on any atom is -0.391 e. The molecule has 2 amide bonds. The van der Waals surface area contributed by atoms with E-state index in [-0.39, 0.29) is 12.5 Å². The molecule has 0 heterocycles. The summed E-state index contributed by atoms with van der Waals surface area (Å²) in [5.41, 5.74) is 4.76. The van der Waals surface area contributed by atoms with E-state index in [1.807, 2.05) is 31.0 Å². The van der Waals surface area contributed by atoms with Gasteiger partial charge in [0.1, 0.15) is 12.6 Å². The first-order valence-electron chi connectivity index (χ1n) is 12.5. The summed E-state index contributed by atoms with van der Waals surface area (Å²) >= 11 is 0. The number of aliphatic hydroxyl groups excluding tert-OH is 2. The van der Waals surface area contributed by atoms with E-state index in [4.69, 9.17) is 5.11 Å². The summed E-state index contributed by atoms with van der Waals surface area (Å²) in [5.74, 6) is 4.76. The lowest BCUT2D eigenvalue weighted by Crippen LogP contribution is -2.48. The minimum absolute atomic E-state index is 0.104. The Balaban J connectivity index is 1.52. The molecule has 4 N–H and O–H groups in total. The Morgan fingerprint density at radius 2 is 1.46 bits per heavy atom. The number of benzene rings is 3. The second-order valence-electron chi connectivity index (χ2n) is 9.43. The fourth-order valence-corrected chi connectivity index (χ4v) is 3.79. The van der Waals surface area contributed by atoms with E-state index in [1.54, 1.807) is 36.4 Å². The van der Waals surface area contributed by atoms with Gasteiger partial charge < -0.3 is 20.8 Å². The Labute approximate surface area is 228 Å². The highest BCUT2D eigenvalue weighted by Gasteiger charge is 2.25. The molecule has 0 saturated heterocycles. The summed E-state index contributed by atoms with van der Waals surface area (Å²) in [6.45, 7) is 3.58. The van der Waals surface area contributed by atoms with Crippen molar-refractivity contribution in [1.82, 2.24) is 10.2 Å². The van der Waals surface area contributed by atoms with Crippen molar-refractivity contribution < 1.29 is 24.6 Å². The number of Topliss-reactive ketones (excluding diaryl/α,β-unsaturated/α-hetero) is 1. The quantitative estimate of drug-likeness (QED) is 0.301. The Bertz CT molecular complexity index is 1340. The van der Waals surface area contributed by atoms with Crippen molar-refractivity contribution >= 4 is 23.3 Å². The molecule has 0 aliphatic rings. The molecule has 0 bridgehead atoms. The molecule has 3 aromatic rings. The zero-order valence-electron chi connectivity index (χ0n) is 22.3. The number of hydrogen-bond donors (Lipinski definition) is 4. The average Bonchev–Trinajstić information content (AvgIpc) is 2.92. The molecule has 202 valence electrons. The van der Waals surface area contributed by atoms with Crippen LogP contribution in [0.2, 0.25) is 0 Å². The van der Waals surface area contributed by atoms with E-state index in [9.17, 15) is 19.5 Å². The lowest BCUT2D eigenvalue weighted by atomic mass is 10.1. The molecule has 39 heavy (non-hydrogen) atoms. The number of rotatable bonds is 10. The summed E-state index contributed by atoms with van der Waals surface area (Å²) in [7, 11) is 1.90. The molecular formula is C31H33N3O5. The zero-order valence-corrected chi connectivity index (χ0v) is 22.3. The Morgan fingerprint density at radius 1 is 0.897 bits per heavy atom. The number of carbonyl (C=O) groups is 3. The average molecular weight is 528 g/mol. The predicted octanol–water partition coefficient (Wildman–Crippen LogP) is 2.51. The molecule has 2 atom stereocenters. The van der Waals surface area contributed by atoms with Crippen LogP contribution in [0.1, 0.15) is 39.5 Å². The molecular weight excluding hydrogens is 494 g/mol. The van der Waals surface area contributed by atoms with Crippen LogP contribution in [0.5, 0.6) is 0 Å². The molecule has 0 saturated carbocycles. The minimum atomic E-state index is -1.19. The van der Waals surface area contributed by atoms with Crippen LogP contribution in [0.4, 0.5) is 5.69 Å². The number of carbonyl (C=O) groups excluding carboxylic acids is 3. The van der Waals surface area contributed by atoms with Crippen molar-refractivity contribution in [2.45, 2.75) is 32.5 Å². The van der Waals surface area contributed by atoms with E-state index in [1.165, 1.54) is 12.5 Å². The largest absolute Gasteiger partial charge is 0.391 e. The number of aryl methyl sites for hydroxylation is 1. The third kappa shape index (κ3) is 9.20. The Kier molecular flexibility index (Phi) is 10.5. The first-order chi connectivity index (χ1) is 18.6. The first-order valence-corrected chi connectivity index (χ1v) is 12.5. The van der Waals surface area contributed by atoms with Crippen LogP contribution in [-0.4, -0.2) is 65.1 Å². The number of aliphatic hydroxyl groups is 2. The van der Waals surface area contributed by atoms with Gasteiger partial charge in [-0.05, 0) is 75.0 Å². The van der Waals surface area contributed by atoms with E-state index in [2.05, 4.69) is 46.7 Å². The lowest BCUT2D eigenvalue weighted by molar-refractivity contribution is -0.126. The summed E-state index contributed by atoms with van der Waals surface area (Å²) in [6.07, 6.45) is -1.14. The SMILES string of the molecule is Cc1ccc(CN(C)CC(=O)Nc2ccc(C#Cc3ccc(C(=O)N[C@H](C(=O)CO)[C@@H](C)O)cc3)cc2)cc1. The maximum atomic E-state index is 12.4. The number of nitrogens with one attached hydrogen (secondary N) is 2. The topological polar surface area (TPSA) is 119 Å². The molecule has 0 spiro atoms. The van der Waals surface area contributed by atoms with Gasteiger partial charge in [-0.1, -0.05) is 41.7 Å². The van der Waals surface area contributed by atoms with Crippen molar-refractivity contribution in [2.75, 3.05) is 25.5 Å². The van der Waals surface area contributed by atoms with Gasteiger partial charge in [0.25, 0.3) is 5.91 Å². The van der Waals surface area contributed by atoms with Crippen LogP contribution in [0.25, 0.3) is 0 Å². The lowest BCUT2D eigenvalue weighted by Gasteiger charge is -2.19. The van der Waals surface area contributed by atoms with Crippen LogP contribution in [0, 0.1) is 18.8 Å². The second-order valence-corrected chi connectivity index (χ2v) is 9.43. The molecule has 0 radical (unpaired) electrons. The smallest absolute Gasteiger partial charge is 0.251 e. The van der Waals surface area contributed by atoms with E-state index >= 15 is 0 Å². The third-order valence-corrected chi connectivity index (χ3v) is 5.93. The maximum Gasteiger partial charge on any atom is 0.251 e. The number of nitrogens with zero attached hydrogens (tertiary/aromatic N) is 1. The number of ketones is 1. The first kappa shape index (κ1) is 29.3. The van der Waals surface area contributed by atoms with Gasteiger partial charge in [-0.15, -0.1) is 0 Å². The van der Waals surface area contributed by atoms with E-state index in [0.717, 1.165) is 11.1 Å². The molecule has 0 aliphatic heterocycles. The number of amides is 2. The molecule has 8 heteroatoms. The highest BCUT2D eigenvalue weighted by Crippen LogP contribution is 2.11. The van der Waals surface area contributed by atoms with Gasteiger partial charge in [-0.2, -0.15) is 0 Å². The maximum absolute atomic E-state index is 12.4. The standard InChI is InChI=1S/C31H33N3O5/c1-21-4-6-25(7-5-21)18-34(3)19-29(38)32-27-16-12-24(13-17-27)9-8-23-10-14-26(15-11-23)31(39)33-30(22(2)36)28(37)20-35/h4-7,10-17,22,30,35-36H,18-20H2,1-3H3,(H,32,38)(H,33,39)/t22-,30+/m1/s1. The summed E-state index contributed by atoms with van der Waals surface area (Å²) in [5, 5.41) is 24.0. The van der Waals surface area contributed by atoms with E-state index < -0.39 is 30.4 Å². The van der Waals surface area contributed by atoms with Crippen molar-refractivity contribution in [3.05, 3.63) is 101 Å². The van der Waals surface area contributed by atoms with Gasteiger partial charge in [0, 0.05) is 28.9 Å². The molecule has 0 aromatic heterocycles. The normalized spacial score (nSPS) is 12.2. The number of likely N-dealkylation sites (N-methyl/N-ethyl adjacent to an activating group) is 1. The fraction of sp³-hybridized carbons (Fsp3) is 0.258. The fourth-order valence-electron chi connectivity index (χ4n) is 3.79. The number of hydrogen-bond acceptors (Lipinski definition) is 6. The molecule has 0 aliphatic carbocycles. The molecule has 8 nitrogen and oxygen atoms in total. The summed E-state index contributed by atoms with van der Waals surface area (Å²) < 4.78 is 0. The van der Waals surface area contributed by atoms with Crippen LogP contribution >= 0.6 is 0 Å². The molecule has 3 rings (SSSR count). The highest BCUT2D eigenvalue weighted by molar-refractivity contribution is 5.98. The Hall–Kier alpha value is -4.29. The van der Waals surface area contributed by atoms with E-state index in [0.29, 0.717) is 23.4 Å². The number of anilines is 1. The van der Waals surface area contributed by atoms with Crippen LogP contribution < -0.4 is 10.6 Å². The van der Waals surface area contributed by atoms with Gasteiger partial charge in [-0.25, -0.2) is 0 Å². The summed E-state index contributed by atoms with van der Waals surface area (Å²) in [6, 6.07) is 20.8. The van der Waals surface area contributed by atoms with Gasteiger partial charge in [-0.3, -0.25) is 19.3 Å². The molecule has 0 fully saturated rings. The molecule has 0 unspecified atom stereocenters. The van der Waals surface area contributed by atoms with Crippen molar-refractivity contribution in [3.8, 4) is 11.8 Å². The molecule has 3 aromatic carbocycles. The van der Waals surface area contributed by atoms with Crippen LogP contribution in [0.15, 0.2) is 72.8 Å². The van der Waals surface area contributed by atoms with Gasteiger partial charge in [0.2, 0.25) is 5.91 Å². The van der Waals surface area contributed by atoms with Crippen LogP contribution in [0.3, 0.4) is 0 Å². The Morgan fingerprint density at radius 3 is 2.00 bits per heavy atom. The zero-order chi connectivity index (χ0) is 28.4. The predicted molar refractivity (Wildman–Crippen MR) is 150 cm³/mol. The highest BCUT2D eigenvalue weighted by atomic mass is 16.3. The monoisotopic (exact) mass is 527 g/mol. The van der Waals surface area contributed by atoms with Gasteiger partial charge in [0.05, 0.1) is 12.6 Å². The second kappa shape index (κ2) is 14.0. The van der Waals surface area contributed by atoms with Crippen LogP contribution in [-0.2, 0) is 16.1 Å². The summed E-state index contributed by atoms with van der Waals surface area (Å²) in [4.78, 5) is 38.5. The van der Waals surface area contributed by atoms with Gasteiger partial charge in [0.15, 0.2) is 5.78 Å². The third-order valence-electron chi connectivity index (χ3n) is 5.93. The van der Waals surface area contributed by atoms with Crippen molar-refractivity contribution in [3.63, 3.8) is 0 Å².